The zero-order valence-corrected chi connectivity index (χ0v) is 19.5. The second-order valence-electron chi connectivity index (χ2n) is 7.56. The molecule has 1 aromatic heterocycles. The molecule has 1 fully saturated rings. The number of anilines is 1. The van der Waals surface area contributed by atoms with E-state index in [4.69, 9.17) is 14.2 Å². The van der Waals surface area contributed by atoms with Crippen molar-refractivity contribution >= 4 is 11.7 Å². The van der Waals surface area contributed by atoms with Crippen molar-refractivity contribution in [3.8, 4) is 17.2 Å². The Morgan fingerprint density at radius 3 is 2.22 bits per heavy atom. The summed E-state index contributed by atoms with van der Waals surface area (Å²) in [6.45, 7) is 11.3. The Morgan fingerprint density at radius 2 is 1.62 bits per heavy atom. The second-order valence-corrected chi connectivity index (χ2v) is 7.56. The number of hydrogen-bond acceptors (Lipinski definition) is 7. The van der Waals surface area contributed by atoms with Crippen LogP contribution in [0.3, 0.4) is 0 Å². The maximum atomic E-state index is 13.0. The molecular formula is C24H34N4O4. The lowest BCUT2D eigenvalue weighted by atomic mass is 10.1. The van der Waals surface area contributed by atoms with Crippen LogP contribution in [0.25, 0.3) is 0 Å². The van der Waals surface area contributed by atoms with E-state index in [1.54, 1.807) is 18.3 Å². The van der Waals surface area contributed by atoms with Gasteiger partial charge in [0.2, 0.25) is 5.75 Å². The van der Waals surface area contributed by atoms with Crippen molar-refractivity contribution in [3.05, 3.63) is 41.6 Å². The highest BCUT2D eigenvalue weighted by Gasteiger charge is 2.20. The standard InChI is InChI=1S/C24H34N4O4/c1-5-30-20-15-19(16-21(31-6-2)22(20)32-7-3)24(29)26-17-18-9-8-10-25-23(18)28-13-11-27(4)12-14-28/h8-10,15-16H,5-7,11-14,17H2,1-4H3,(H,26,29). The third-order valence-electron chi connectivity index (χ3n) is 5.28. The van der Waals surface area contributed by atoms with E-state index in [0.29, 0.717) is 49.2 Å². The molecule has 1 aromatic carbocycles. The third-order valence-corrected chi connectivity index (χ3v) is 5.28. The average Bonchev–Trinajstić information content (AvgIpc) is 2.80. The molecule has 3 rings (SSSR count). The summed E-state index contributed by atoms with van der Waals surface area (Å²) in [6.07, 6.45) is 1.80. The molecule has 0 unspecified atom stereocenters. The van der Waals surface area contributed by atoms with Crippen LogP contribution in [-0.2, 0) is 6.54 Å². The summed E-state index contributed by atoms with van der Waals surface area (Å²) in [5, 5.41) is 3.03. The van der Waals surface area contributed by atoms with Crippen LogP contribution >= 0.6 is 0 Å². The van der Waals surface area contributed by atoms with Crippen molar-refractivity contribution in [1.29, 1.82) is 0 Å². The summed E-state index contributed by atoms with van der Waals surface area (Å²) in [5.74, 6) is 2.26. The number of carbonyl (C=O) groups is 1. The Labute approximate surface area is 190 Å². The van der Waals surface area contributed by atoms with Gasteiger partial charge in [0.05, 0.1) is 19.8 Å². The maximum Gasteiger partial charge on any atom is 0.251 e. The third kappa shape index (κ3) is 5.82. The van der Waals surface area contributed by atoms with Crippen molar-refractivity contribution in [3.63, 3.8) is 0 Å². The van der Waals surface area contributed by atoms with E-state index in [1.165, 1.54) is 0 Å². The van der Waals surface area contributed by atoms with Crippen LogP contribution in [0.2, 0.25) is 0 Å². The summed E-state index contributed by atoms with van der Waals surface area (Å²) < 4.78 is 17.2. The molecule has 1 aliphatic rings. The van der Waals surface area contributed by atoms with Gasteiger partial charge >= 0.3 is 0 Å². The van der Waals surface area contributed by atoms with E-state index in [1.807, 2.05) is 32.9 Å². The maximum absolute atomic E-state index is 13.0. The first-order valence-electron chi connectivity index (χ1n) is 11.3. The molecule has 1 N–H and O–H groups in total. The van der Waals surface area contributed by atoms with E-state index in [2.05, 4.69) is 27.1 Å². The summed E-state index contributed by atoms with van der Waals surface area (Å²) >= 11 is 0. The fourth-order valence-electron chi connectivity index (χ4n) is 3.67. The number of nitrogens with zero attached hydrogens (tertiary/aromatic N) is 3. The van der Waals surface area contributed by atoms with Crippen molar-refractivity contribution in [1.82, 2.24) is 15.2 Å². The fraction of sp³-hybridized carbons (Fsp3) is 0.500. The van der Waals surface area contributed by atoms with E-state index in [9.17, 15) is 4.79 Å². The van der Waals surface area contributed by atoms with E-state index in [-0.39, 0.29) is 5.91 Å². The van der Waals surface area contributed by atoms with Crippen molar-refractivity contribution < 1.29 is 19.0 Å². The van der Waals surface area contributed by atoms with Crippen LogP contribution in [-0.4, -0.2) is 68.8 Å². The molecule has 0 atom stereocenters. The molecule has 1 aliphatic heterocycles. The van der Waals surface area contributed by atoms with Gasteiger partial charge in [-0.25, -0.2) is 4.98 Å². The SMILES string of the molecule is CCOc1cc(C(=O)NCc2cccnc2N2CCN(C)CC2)cc(OCC)c1OCC. The van der Waals surface area contributed by atoms with Crippen LogP contribution in [0.15, 0.2) is 30.5 Å². The minimum absolute atomic E-state index is 0.205. The number of nitrogens with one attached hydrogen (secondary N) is 1. The smallest absolute Gasteiger partial charge is 0.251 e. The van der Waals surface area contributed by atoms with Crippen molar-refractivity contribution in [2.45, 2.75) is 27.3 Å². The number of benzene rings is 1. The first-order chi connectivity index (χ1) is 15.6. The molecule has 0 bridgehead atoms. The molecule has 174 valence electrons. The molecule has 32 heavy (non-hydrogen) atoms. The first kappa shape index (κ1) is 23.7. The van der Waals surface area contributed by atoms with E-state index in [0.717, 1.165) is 37.6 Å². The Kier molecular flexibility index (Phi) is 8.56. The molecule has 0 aliphatic carbocycles. The monoisotopic (exact) mass is 442 g/mol. The van der Waals surface area contributed by atoms with E-state index < -0.39 is 0 Å². The minimum Gasteiger partial charge on any atom is -0.490 e. The molecular weight excluding hydrogens is 408 g/mol. The van der Waals surface area contributed by atoms with Crippen LogP contribution in [0.1, 0.15) is 36.7 Å². The summed E-state index contributed by atoms with van der Waals surface area (Å²) in [4.78, 5) is 22.2. The number of piperazine rings is 1. The van der Waals surface area contributed by atoms with Crippen LogP contribution in [0.4, 0.5) is 5.82 Å². The number of hydrogen-bond donors (Lipinski definition) is 1. The topological polar surface area (TPSA) is 76.2 Å². The van der Waals surface area contributed by atoms with Crippen molar-refractivity contribution in [2.24, 2.45) is 0 Å². The number of ether oxygens (including phenoxy) is 3. The number of likely N-dealkylation sites (N-methyl/N-ethyl adjacent to an activating group) is 1. The second kappa shape index (κ2) is 11.6. The number of carbonyl (C=O) groups excluding carboxylic acids is 1. The van der Waals surface area contributed by atoms with Crippen molar-refractivity contribution in [2.75, 3.05) is 57.9 Å². The highest BCUT2D eigenvalue weighted by atomic mass is 16.5. The summed E-state index contributed by atoms with van der Waals surface area (Å²) in [6, 6.07) is 7.32. The average molecular weight is 443 g/mol. The number of pyridine rings is 1. The molecule has 1 amide bonds. The van der Waals surface area contributed by atoms with Gasteiger partial charge in [-0.3, -0.25) is 4.79 Å². The quantitative estimate of drug-likeness (QED) is 0.606. The molecule has 8 heteroatoms. The summed E-state index contributed by atoms with van der Waals surface area (Å²) in [7, 11) is 2.13. The lowest BCUT2D eigenvalue weighted by Crippen LogP contribution is -2.45. The molecule has 2 heterocycles. The van der Waals surface area contributed by atoms with E-state index >= 15 is 0 Å². The van der Waals surface area contributed by atoms with Gasteiger partial charge in [0.15, 0.2) is 11.5 Å². The predicted molar refractivity (Wildman–Crippen MR) is 125 cm³/mol. The highest BCUT2D eigenvalue weighted by molar-refractivity contribution is 5.95. The van der Waals surface area contributed by atoms with Gasteiger partial charge in [-0.15, -0.1) is 0 Å². The molecule has 1 saturated heterocycles. The Morgan fingerprint density at radius 1 is 1.00 bits per heavy atom. The van der Waals surface area contributed by atoms with Gasteiger partial charge in [-0.05, 0) is 46.0 Å². The molecule has 0 radical (unpaired) electrons. The van der Waals surface area contributed by atoms with Gasteiger partial charge in [-0.1, -0.05) is 6.07 Å². The Hall–Kier alpha value is -3.00. The van der Waals surface area contributed by atoms with Gasteiger partial charge < -0.3 is 29.3 Å². The summed E-state index contributed by atoms with van der Waals surface area (Å²) in [5.41, 5.74) is 1.46. The van der Waals surface area contributed by atoms with Crippen LogP contribution in [0, 0.1) is 0 Å². The number of aromatic nitrogens is 1. The van der Waals surface area contributed by atoms with Crippen LogP contribution < -0.4 is 24.4 Å². The van der Waals surface area contributed by atoms with Gasteiger partial charge in [0, 0.05) is 50.0 Å². The number of rotatable bonds is 10. The zero-order chi connectivity index (χ0) is 22.9. The van der Waals surface area contributed by atoms with Crippen LogP contribution in [0.5, 0.6) is 17.2 Å². The Balaban J connectivity index is 1.78. The first-order valence-corrected chi connectivity index (χ1v) is 11.3. The normalized spacial score (nSPS) is 14.2. The molecule has 2 aromatic rings. The highest BCUT2D eigenvalue weighted by Crippen LogP contribution is 2.39. The molecule has 8 nitrogen and oxygen atoms in total. The Bertz CT molecular complexity index is 870. The molecule has 0 spiro atoms. The minimum atomic E-state index is -0.205. The largest absolute Gasteiger partial charge is 0.490 e. The predicted octanol–water partition coefficient (Wildman–Crippen LogP) is 2.96. The number of amides is 1. The van der Waals surface area contributed by atoms with Gasteiger partial charge in [0.25, 0.3) is 5.91 Å². The fourth-order valence-corrected chi connectivity index (χ4v) is 3.67. The zero-order valence-electron chi connectivity index (χ0n) is 19.5. The lowest BCUT2D eigenvalue weighted by Gasteiger charge is -2.34. The van der Waals surface area contributed by atoms with Gasteiger partial charge in [-0.2, -0.15) is 0 Å². The lowest BCUT2D eigenvalue weighted by molar-refractivity contribution is 0.0949. The van der Waals surface area contributed by atoms with Gasteiger partial charge in [0.1, 0.15) is 5.82 Å². The molecule has 0 saturated carbocycles.